The van der Waals surface area contributed by atoms with Gasteiger partial charge in [-0.15, -0.1) is 0 Å². The largest absolute Gasteiger partial charge is 0.376 e. The van der Waals surface area contributed by atoms with Crippen molar-refractivity contribution in [3.8, 4) is 0 Å². The molecule has 2 unspecified atom stereocenters. The van der Waals surface area contributed by atoms with Crippen LogP contribution in [0.25, 0.3) is 0 Å². The first-order chi connectivity index (χ1) is 13.8. The van der Waals surface area contributed by atoms with Gasteiger partial charge in [0.25, 0.3) is 0 Å². The van der Waals surface area contributed by atoms with Crippen molar-refractivity contribution in [1.82, 2.24) is 5.32 Å². The van der Waals surface area contributed by atoms with E-state index >= 15 is 0 Å². The smallest absolute Gasteiger partial charge is 0.123 e. The highest BCUT2D eigenvalue weighted by Crippen LogP contribution is 2.34. The zero-order chi connectivity index (χ0) is 19.2. The molecule has 3 aromatic carbocycles. The second-order valence-corrected chi connectivity index (χ2v) is 7.46. The summed E-state index contributed by atoms with van der Waals surface area (Å²) in [5.74, 6) is 0.0550. The van der Waals surface area contributed by atoms with Crippen LogP contribution in [-0.4, -0.2) is 18.8 Å². The molecule has 0 bridgehead atoms. The van der Waals surface area contributed by atoms with Gasteiger partial charge < -0.3 is 10.1 Å². The Balaban J connectivity index is 1.40. The molecule has 28 heavy (non-hydrogen) atoms. The minimum absolute atomic E-state index is 0.164. The average molecular weight is 375 g/mol. The molecule has 1 fully saturated rings. The summed E-state index contributed by atoms with van der Waals surface area (Å²) in [4.78, 5) is 0. The zero-order valence-electron chi connectivity index (χ0n) is 15.9. The monoisotopic (exact) mass is 375 g/mol. The summed E-state index contributed by atoms with van der Waals surface area (Å²) in [7, 11) is 0. The number of hydrogen-bond donors (Lipinski definition) is 1. The van der Waals surface area contributed by atoms with Gasteiger partial charge in [0.15, 0.2) is 0 Å². The van der Waals surface area contributed by atoms with Crippen molar-refractivity contribution in [2.45, 2.75) is 37.5 Å². The molecule has 3 aromatic rings. The SMILES string of the molecule is Fc1cccc(CNC2CCC(C(c3ccccc3)c3ccccc3)OC2)c1. The molecular weight excluding hydrogens is 349 g/mol. The zero-order valence-corrected chi connectivity index (χ0v) is 15.9. The number of nitrogens with one attached hydrogen (secondary N) is 1. The van der Waals surface area contributed by atoms with Gasteiger partial charge in [-0.3, -0.25) is 0 Å². The lowest BCUT2D eigenvalue weighted by Gasteiger charge is -2.35. The van der Waals surface area contributed by atoms with Crippen LogP contribution in [0.15, 0.2) is 84.9 Å². The van der Waals surface area contributed by atoms with Gasteiger partial charge in [-0.25, -0.2) is 4.39 Å². The molecule has 0 aliphatic carbocycles. The fourth-order valence-electron chi connectivity index (χ4n) is 4.05. The maximum absolute atomic E-state index is 13.3. The third-order valence-electron chi connectivity index (χ3n) is 5.48. The third kappa shape index (κ3) is 4.67. The van der Waals surface area contributed by atoms with E-state index in [0.29, 0.717) is 19.2 Å². The molecule has 3 heteroatoms. The Morgan fingerprint density at radius 1 is 0.857 bits per heavy atom. The van der Waals surface area contributed by atoms with Crippen molar-refractivity contribution in [3.63, 3.8) is 0 Å². The maximum Gasteiger partial charge on any atom is 0.123 e. The molecule has 0 spiro atoms. The van der Waals surface area contributed by atoms with Crippen LogP contribution in [-0.2, 0) is 11.3 Å². The van der Waals surface area contributed by atoms with E-state index in [1.807, 2.05) is 6.07 Å². The highest BCUT2D eigenvalue weighted by Gasteiger charge is 2.30. The lowest BCUT2D eigenvalue weighted by Crippen LogP contribution is -2.41. The van der Waals surface area contributed by atoms with E-state index < -0.39 is 0 Å². The van der Waals surface area contributed by atoms with E-state index in [0.717, 1.165) is 18.4 Å². The van der Waals surface area contributed by atoms with E-state index in [9.17, 15) is 4.39 Å². The van der Waals surface area contributed by atoms with Crippen molar-refractivity contribution in [2.24, 2.45) is 0 Å². The van der Waals surface area contributed by atoms with Gasteiger partial charge in [0.05, 0.1) is 12.7 Å². The Morgan fingerprint density at radius 3 is 2.11 bits per heavy atom. The molecule has 4 rings (SSSR count). The van der Waals surface area contributed by atoms with E-state index in [1.54, 1.807) is 12.1 Å². The van der Waals surface area contributed by atoms with Crippen molar-refractivity contribution < 1.29 is 9.13 Å². The Labute approximate surface area is 166 Å². The molecule has 144 valence electrons. The first-order valence-corrected chi connectivity index (χ1v) is 9.99. The highest BCUT2D eigenvalue weighted by molar-refractivity contribution is 5.34. The minimum Gasteiger partial charge on any atom is -0.376 e. The lowest BCUT2D eigenvalue weighted by molar-refractivity contribution is -0.0116. The Morgan fingerprint density at radius 2 is 1.54 bits per heavy atom. The second kappa shape index (κ2) is 9.13. The van der Waals surface area contributed by atoms with Crippen molar-refractivity contribution in [3.05, 3.63) is 107 Å². The first kappa shape index (κ1) is 18.9. The summed E-state index contributed by atoms with van der Waals surface area (Å²) in [6.07, 6.45) is 2.21. The normalized spacial score (nSPS) is 19.6. The minimum atomic E-state index is -0.187. The molecule has 1 heterocycles. The van der Waals surface area contributed by atoms with E-state index in [-0.39, 0.29) is 17.8 Å². The second-order valence-electron chi connectivity index (χ2n) is 7.46. The van der Waals surface area contributed by atoms with Crippen LogP contribution in [0.1, 0.15) is 35.4 Å². The maximum atomic E-state index is 13.3. The molecule has 0 radical (unpaired) electrons. The number of hydrogen-bond acceptors (Lipinski definition) is 2. The summed E-state index contributed by atoms with van der Waals surface area (Å²) in [5.41, 5.74) is 3.56. The summed E-state index contributed by atoms with van der Waals surface area (Å²) >= 11 is 0. The van der Waals surface area contributed by atoms with Gasteiger partial charge in [0.1, 0.15) is 5.82 Å². The number of benzene rings is 3. The van der Waals surface area contributed by atoms with Crippen LogP contribution in [0.3, 0.4) is 0 Å². The summed E-state index contributed by atoms with van der Waals surface area (Å²) in [6.45, 7) is 1.34. The van der Waals surface area contributed by atoms with Gasteiger partial charge in [0.2, 0.25) is 0 Å². The molecule has 1 saturated heterocycles. The Hall–Kier alpha value is -2.49. The molecule has 0 saturated carbocycles. The van der Waals surface area contributed by atoms with Gasteiger partial charge in [-0.1, -0.05) is 72.8 Å². The van der Waals surface area contributed by atoms with E-state index in [2.05, 4.69) is 66.0 Å². The van der Waals surface area contributed by atoms with Gasteiger partial charge in [0, 0.05) is 18.5 Å². The molecule has 2 nitrogen and oxygen atoms in total. The van der Waals surface area contributed by atoms with Crippen LogP contribution in [0.4, 0.5) is 4.39 Å². The van der Waals surface area contributed by atoms with Gasteiger partial charge in [-0.2, -0.15) is 0 Å². The standard InChI is InChI=1S/C25H26FNO/c26-22-13-7-8-19(16-22)17-27-23-14-15-24(28-18-23)25(20-9-3-1-4-10-20)21-11-5-2-6-12-21/h1-13,16,23-25,27H,14-15,17-18H2. The predicted octanol–water partition coefficient (Wildman–Crippen LogP) is 5.30. The quantitative estimate of drug-likeness (QED) is 0.632. The number of halogens is 1. The number of ether oxygens (including phenoxy) is 1. The molecule has 1 N–H and O–H groups in total. The molecule has 2 atom stereocenters. The topological polar surface area (TPSA) is 21.3 Å². The fourth-order valence-corrected chi connectivity index (χ4v) is 4.05. The average Bonchev–Trinajstić information content (AvgIpc) is 2.75. The van der Waals surface area contributed by atoms with Gasteiger partial charge >= 0.3 is 0 Å². The molecule has 1 aliphatic rings. The molecule has 1 aliphatic heterocycles. The Bertz CT molecular complexity index is 820. The van der Waals surface area contributed by atoms with Crippen LogP contribution in [0.2, 0.25) is 0 Å². The van der Waals surface area contributed by atoms with Crippen LogP contribution < -0.4 is 5.32 Å². The first-order valence-electron chi connectivity index (χ1n) is 9.99. The molecule has 0 aromatic heterocycles. The van der Waals surface area contributed by atoms with Crippen molar-refractivity contribution in [2.75, 3.05) is 6.61 Å². The predicted molar refractivity (Wildman–Crippen MR) is 111 cm³/mol. The van der Waals surface area contributed by atoms with Crippen molar-refractivity contribution in [1.29, 1.82) is 0 Å². The third-order valence-corrected chi connectivity index (χ3v) is 5.48. The Kier molecular flexibility index (Phi) is 6.15. The number of rotatable bonds is 6. The van der Waals surface area contributed by atoms with E-state index in [4.69, 9.17) is 4.74 Å². The highest BCUT2D eigenvalue weighted by atomic mass is 19.1. The van der Waals surface area contributed by atoms with Crippen LogP contribution in [0.5, 0.6) is 0 Å². The summed E-state index contributed by atoms with van der Waals surface area (Å²) < 4.78 is 19.7. The lowest BCUT2D eigenvalue weighted by atomic mass is 9.83. The summed E-state index contributed by atoms with van der Waals surface area (Å²) in [5, 5.41) is 3.51. The molecule has 0 amide bonds. The van der Waals surface area contributed by atoms with Crippen molar-refractivity contribution >= 4 is 0 Å². The van der Waals surface area contributed by atoms with Crippen LogP contribution in [0, 0.1) is 5.82 Å². The van der Waals surface area contributed by atoms with E-state index in [1.165, 1.54) is 17.2 Å². The van der Waals surface area contributed by atoms with Crippen LogP contribution >= 0.6 is 0 Å². The van der Waals surface area contributed by atoms with Gasteiger partial charge in [-0.05, 0) is 41.7 Å². The molecular formula is C25H26FNO. The summed E-state index contributed by atoms with van der Waals surface area (Å²) in [6, 6.07) is 28.3. The fraction of sp³-hybridized carbons (Fsp3) is 0.280.